The zero-order chi connectivity index (χ0) is 21.2. The van der Waals surface area contributed by atoms with Crippen LogP contribution in [0.2, 0.25) is 0 Å². The monoisotopic (exact) mass is 478 g/mol. The van der Waals surface area contributed by atoms with Gasteiger partial charge in [-0.1, -0.05) is 15.9 Å². The number of rotatable bonds is 5. The highest BCUT2D eigenvalue weighted by Crippen LogP contribution is 2.46. The van der Waals surface area contributed by atoms with Gasteiger partial charge in [0.1, 0.15) is 11.5 Å². The number of amides is 2. The molecular weight excluding hydrogens is 464 g/mol. The summed E-state index contributed by atoms with van der Waals surface area (Å²) in [6.07, 6.45) is -8.27. The fourth-order valence-corrected chi connectivity index (χ4v) is 3.11. The number of carbonyl (C=O) groups is 1. The Morgan fingerprint density at radius 2 is 1.93 bits per heavy atom. The number of fused-ring (bicyclic) bond motifs is 1. The van der Waals surface area contributed by atoms with Gasteiger partial charge in [-0.25, -0.2) is 9.53 Å². The molecule has 0 unspecified atom stereocenters. The summed E-state index contributed by atoms with van der Waals surface area (Å²) in [5.74, 6) is -0.0805. The second-order valence-electron chi connectivity index (χ2n) is 5.98. The van der Waals surface area contributed by atoms with Crippen molar-refractivity contribution in [2.45, 2.75) is 18.8 Å². The molecule has 0 radical (unpaired) electrons. The molecule has 3 rings (SSSR count). The van der Waals surface area contributed by atoms with Gasteiger partial charge in [-0.15, -0.1) is 8.78 Å². The van der Waals surface area contributed by atoms with Gasteiger partial charge in [0, 0.05) is 16.7 Å². The van der Waals surface area contributed by atoms with Gasteiger partial charge in [0.05, 0.1) is 12.7 Å². The summed E-state index contributed by atoms with van der Waals surface area (Å²) < 4.78 is 67.2. The van der Waals surface area contributed by atoms with Crippen LogP contribution in [0, 0.1) is 0 Å². The summed E-state index contributed by atoms with van der Waals surface area (Å²) in [5.41, 5.74) is -0.107. The summed E-state index contributed by atoms with van der Waals surface area (Å²) in [6, 6.07) is 7.65. The van der Waals surface area contributed by atoms with Crippen LogP contribution in [0.5, 0.6) is 11.5 Å². The normalized spacial score (nSPS) is 16.3. The van der Waals surface area contributed by atoms with Crippen molar-refractivity contribution in [2.75, 3.05) is 19.0 Å². The summed E-state index contributed by atoms with van der Waals surface area (Å²) in [4.78, 5) is 12.0. The van der Waals surface area contributed by atoms with Gasteiger partial charge in [-0.3, -0.25) is 0 Å². The first-order valence-electron chi connectivity index (χ1n) is 8.26. The fourth-order valence-electron chi connectivity index (χ4n) is 2.71. The fraction of sp³-hybridized carbons (Fsp3) is 0.278. The SMILES string of the molecule is COc1ccc(Br)cc1CCNC(=O)Nc1ccc2c(c1)C(F)(F)OC(F)(F)O2. The molecule has 0 fully saturated rings. The molecule has 1 heterocycles. The quantitative estimate of drug-likeness (QED) is 0.603. The van der Waals surface area contributed by atoms with Crippen LogP contribution in [0.1, 0.15) is 11.1 Å². The maximum Gasteiger partial charge on any atom is 0.540 e. The van der Waals surface area contributed by atoms with Crippen LogP contribution in [-0.2, 0) is 17.3 Å². The van der Waals surface area contributed by atoms with Crippen molar-refractivity contribution in [1.29, 1.82) is 0 Å². The number of methoxy groups -OCH3 is 1. The Kier molecular flexibility index (Phi) is 5.90. The number of nitrogens with one attached hydrogen (secondary N) is 2. The van der Waals surface area contributed by atoms with E-state index < -0.39 is 29.7 Å². The molecule has 1 aliphatic rings. The number of ether oxygens (including phenoxy) is 3. The summed E-state index contributed by atoms with van der Waals surface area (Å²) in [7, 11) is 1.53. The van der Waals surface area contributed by atoms with Gasteiger partial charge in [0.25, 0.3) is 0 Å². The van der Waals surface area contributed by atoms with E-state index in [1.807, 2.05) is 12.1 Å². The van der Waals surface area contributed by atoms with Crippen LogP contribution >= 0.6 is 15.9 Å². The van der Waals surface area contributed by atoms with E-state index in [-0.39, 0.29) is 12.2 Å². The predicted molar refractivity (Wildman–Crippen MR) is 98.4 cm³/mol. The van der Waals surface area contributed by atoms with Crippen LogP contribution in [0.4, 0.5) is 28.0 Å². The number of anilines is 1. The van der Waals surface area contributed by atoms with Crippen molar-refractivity contribution in [1.82, 2.24) is 5.32 Å². The molecule has 2 amide bonds. The lowest BCUT2D eigenvalue weighted by atomic mass is 10.1. The molecule has 6 nitrogen and oxygen atoms in total. The van der Waals surface area contributed by atoms with Crippen LogP contribution in [0.25, 0.3) is 0 Å². The molecule has 0 bridgehead atoms. The van der Waals surface area contributed by atoms with Crippen LogP contribution < -0.4 is 20.1 Å². The van der Waals surface area contributed by atoms with E-state index >= 15 is 0 Å². The third-order valence-electron chi connectivity index (χ3n) is 3.95. The first kappa shape index (κ1) is 21.2. The molecule has 0 saturated heterocycles. The van der Waals surface area contributed by atoms with Crippen molar-refractivity contribution in [3.8, 4) is 11.5 Å². The van der Waals surface area contributed by atoms with Gasteiger partial charge in [0.2, 0.25) is 0 Å². The Balaban J connectivity index is 1.61. The van der Waals surface area contributed by atoms with E-state index in [0.717, 1.165) is 28.2 Å². The van der Waals surface area contributed by atoms with Crippen molar-refractivity contribution in [3.05, 3.63) is 52.0 Å². The molecule has 11 heteroatoms. The van der Waals surface area contributed by atoms with Gasteiger partial charge in [-0.05, 0) is 48.4 Å². The first-order chi connectivity index (χ1) is 13.6. The molecule has 1 aliphatic heterocycles. The van der Waals surface area contributed by atoms with Crippen LogP contribution in [-0.4, -0.2) is 26.0 Å². The number of carbonyl (C=O) groups excluding carboxylic acids is 1. The second-order valence-corrected chi connectivity index (χ2v) is 6.90. The van der Waals surface area contributed by atoms with Gasteiger partial charge >= 0.3 is 18.4 Å². The average Bonchev–Trinajstić information content (AvgIpc) is 2.61. The highest BCUT2D eigenvalue weighted by Gasteiger charge is 2.54. The number of halogens is 5. The van der Waals surface area contributed by atoms with E-state index in [9.17, 15) is 22.4 Å². The lowest BCUT2D eigenvalue weighted by Crippen LogP contribution is -2.41. The molecule has 2 N–H and O–H groups in total. The molecule has 0 spiro atoms. The van der Waals surface area contributed by atoms with Crippen molar-refractivity contribution in [2.24, 2.45) is 0 Å². The average molecular weight is 479 g/mol. The number of benzene rings is 2. The third kappa shape index (κ3) is 5.10. The zero-order valence-corrected chi connectivity index (χ0v) is 16.5. The minimum atomic E-state index is -4.45. The molecule has 2 aromatic rings. The second kappa shape index (κ2) is 8.07. The minimum Gasteiger partial charge on any atom is -0.496 e. The smallest absolute Gasteiger partial charge is 0.496 e. The zero-order valence-electron chi connectivity index (χ0n) is 14.9. The van der Waals surface area contributed by atoms with E-state index in [1.54, 1.807) is 6.07 Å². The summed E-state index contributed by atoms with van der Waals surface area (Å²) in [5, 5.41) is 4.93. The number of hydrogen-bond acceptors (Lipinski definition) is 4. The molecule has 0 aliphatic carbocycles. The number of hydrogen-bond donors (Lipinski definition) is 2. The molecule has 156 valence electrons. The highest BCUT2D eigenvalue weighted by atomic mass is 79.9. The number of alkyl halides is 4. The molecule has 0 aromatic heterocycles. The van der Waals surface area contributed by atoms with E-state index in [4.69, 9.17) is 4.74 Å². The Morgan fingerprint density at radius 1 is 1.17 bits per heavy atom. The van der Waals surface area contributed by atoms with Gasteiger partial charge in [-0.2, -0.15) is 8.78 Å². The van der Waals surface area contributed by atoms with Crippen LogP contribution in [0.3, 0.4) is 0 Å². The first-order valence-corrected chi connectivity index (χ1v) is 9.05. The minimum absolute atomic E-state index is 0.0432. The standard InChI is InChI=1S/C18H15BrF4N2O4/c1-27-14-4-2-11(19)8-10(14)6-7-24-16(26)25-12-3-5-15-13(9-12)17(20,21)29-18(22,23)28-15/h2-5,8-9H,6-7H2,1H3,(H2,24,25,26). The molecule has 29 heavy (non-hydrogen) atoms. The summed E-state index contributed by atoms with van der Waals surface area (Å²) >= 11 is 3.35. The largest absolute Gasteiger partial charge is 0.540 e. The Morgan fingerprint density at radius 3 is 2.66 bits per heavy atom. The van der Waals surface area contributed by atoms with Gasteiger partial charge in [0.15, 0.2) is 0 Å². The van der Waals surface area contributed by atoms with Crippen LogP contribution in [0.15, 0.2) is 40.9 Å². The lowest BCUT2D eigenvalue weighted by molar-refractivity contribution is -0.461. The van der Waals surface area contributed by atoms with E-state index in [0.29, 0.717) is 12.2 Å². The van der Waals surface area contributed by atoms with E-state index in [2.05, 4.69) is 36.0 Å². The van der Waals surface area contributed by atoms with E-state index in [1.165, 1.54) is 7.11 Å². The lowest BCUT2D eigenvalue weighted by Gasteiger charge is -2.30. The number of urea groups is 1. The topological polar surface area (TPSA) is 68.8 Å². The maximum atomic E-state index is 13.8. The van der Waals surface area contributed by atoms with Gasteiger partial charge < -0.3 is 20.1 Å². The maximum absolute atomic E-state index is 13.8. The Bertz CT molecular complexity index is 927. The molecular formula is C18H15BrF4N2O4. The Labute approximate surface area is 171 Å². The van der Waals surface area contributed by atoms with Crippen molar-refractivity contribution < 1.29 is 36.6 Å². The van der Waals surface area contributed by atoms with Crippen molar-refractivity contribution in [3.63, 3.8) is 0 Å². The predicted octanol–water partition coefficient (Wildman–Crippen LogP) is 4.83. The third-order valence-corrected chi connectivity index (χ3v) is 4.44. The molecule has 2 aromatic carbocycles. The molecule has 0 saturated carbocycles. The highest BCUT2D eigenvalue weighted by molar-refractivity contribution is 9.10. The van der Waals surface area contributed by atoms with Crippen molar-refractivity contribution >= 4 is 27.6 Å². The summed E-state index contributed by atoms with van der Waals surface area (Å²) in [6.45, 7) is 0.234. The molecule has 0 atom stereocenters. The Hall–Kier alpha value is -2.53.